The van der Waals surface area contributed by atoms with Crippen molar-refractivity contribution in [2.75, 3.05) is 12.3 Å². The molecule has 112 valence electrons. The number of nitrogens with two attached hydrogens (primary N) is 1. The van der Waals surface area contributed by atoms with Crippen LogP contribution in [0.4, 0.5) is 5.00 Å². The van der Waals surface area contributed by atoms with Crippen LogP contribution in [0.2, 0.25) is 0 Å². The summed E-state index contributed by atoms with van der Waals surface area (Å²) in [5.41, 5.74) is 10.1. The lowest BCUT2D eigenvalue weighted by Gasteiger charge is -2.27. The third-order valence-corrected chi connectivity index (χ3v) is 5.23. The van der Waals surface area contributed by atoms with Gasteiger partial charge >= 0.3 is 0 Å². The summed E-state index contributed by atoms with van der Waals surface area (Å²) in [5, 5.41) is 0.876. The lowest BCUT2D eigenvalue weighted by Crippen LogP contribution is -2.29. The summed E-state index contributed by atoms with van der Waals surface area (Å²) in [6, 6.07) is 14.6. The Morgan fingerprint density at radius 2 is 2.00 bits per heavy atom. The number of fused-ring (bicyclic) bond motifs is 1. The molecule has 0 fully saturated rings. The normalized spacial score (nSPS) is 14.9. The van der Waals surface area contributed by atoms with E-state index in [1.165, 1.54) is 16.0 Å². The number of anilines is 1. The van der Waals surface area contributed by atoms with Crippen LogP contribution in [0.25, 0.3) is 11.3 Å². The number of rotatable bonds is 3. The molecule has 3 nitrogen and oxygen atoms in total. The van der Waals surface area contributed by atoms with Gasteiger partial charge in [0.1, 0.15) is 5.76 Å². The Hall–Kier alpha value is -2.04. The molecule has 0 bridgehead atoms. The summed E-state index contributed by atoms with van der Waals surface area (Å²) < 4.78 is 5.56. The van der Waals surface area contributed by atoms with E-state index in [9.17, 15) is 0 Å². The summed E-state index contributed by atoms with van der Waals surface area (Å²) >= 11 is 1.71. The van der Waals surface area contributed by atoms with Gasteiger partial charge in [-0.3, -0.25) is 4.90 Å². The number of nitrogen functional groups attached to an aromatic ring is 1. The van der Waals surface area contributed by atoms with Gasteiger partial charge in [-0.1, -0.05) is 30.3 Å². The fourth-order valence-corrected chi connectivity index (χ4v) is 4.31. The minimum atomic E-state index is 0.876. The number of nitrogens with zero attached hydrogens (tertiary/aromatic N) is 1. The van der Waals surface area contributed by atoms with Crippen LogP contribution in [0.1, 0.15) is 16.0 Å². The molecule has 22 heavy (non-hydrogen) atoms. The minimum absolute atomic E-state index is 0.876. The predicted molar refractivity (Wildman–Crippen MR) is 90.7 cm³/mol. The van der Waals surface area contributed by atoms with Crippen molar-refractivity contribution in [2.24, 2.45) is 0 Å². The highest BCUT2D eigenvalue weighted by atomic mass is 32.1. The highest BCUT2D eigenvalue weighted by molar-refractivity contribution is 7.16. The van der Waals surface area contributed by atoms with E-state index >= 15 is 0 Å². The molecule has 0 amide bonds. The molecule has 4 heteroatoms. The molecule has 1 aromatic carbocycles. The molecule has 0 spiro atoms. The van der Waals surface area contributed by atoms with Gasteiger partial charge in [0.15, 0.2) is 0 Å². The largest absolute Gasteiger partial charge is 0.464 e. The van der Waals surface area contributed by atoms with Gasteiger partial charge in [-0.15, -0.1) is 11.3 Å². The topological polar surface area (TPSA) is 42.4 Å². The molecule has 2 N–H and O–H groups in total. The van der Waals surface area contributed by atoms with Crippen LogP contribution in [-0.4, -0.2) is 11.4 Å². The number of benzene rings is 1. The SMILES string of the molecule is Nc1sc2c(c1-c1ccco1)CCN(Cc1ccccc1)C2. The molecule has 0 aliphatic carbocycles. The molecule has 0 radical (unpaired) electrons. The lowest BCUT2D eigenvalue weighted by atomic mass is 10.0. The van der Waals surface area contributed by atoms with Gasteiger partial charge in [-0.2, -0.15) is 0 Å². The van der Waals surface area contributed by atoms with Gasteiger partial charge in [-0.25, -0.2) is 0 Å². The van der Waals surface area contributed by atoms with E-state index in [1.807, 2.05) is 12.1 Å². The van der Waals surface area contributed by atoms with E-state index in [0.29, 0.717) is 0 Å². The highest BCUT2D eigenvalue weighted by Gasteiger charge is 2.25. The Bertz CT molecular complexity index is 762. The maximum Gasteiger partial charge on any atom is 0.137 e. The van der Waals surface area contributed by atoms with Gasteiger partial charge in [0.05, 0.1) is 16.8 Å². The first-order valence-corrected chi connectivity index (χ1v) is 8.33. The first-order valence-electron chi connectivity index (χ1n) is 7.51. The zero-order valence-corrected chi connectivity index (χ0v) is 13.1. The number of hydrogen-bond acceptors (Lipinski definition) is 4. The highest BCUT2D eigenvalue weighted by Crippen LogP contribution is 2.41. The molecule has 0 unspecified atom stereocenters. The Balaban J connectivity index is 1.59. The Kier molecular flexibility index (Phi) is 3.48. The average Bonchev–Trinajstić information content (AvgIpc) is 3.14. The summed E-state index contributed by atoms with van der Waals surface area (Å²) in [4.78, 5) is 3.87. The number of thiophene rings is 1. The molecule has 1 aliphatic heterocycles. The first kappa shape index (κ1) is 13.6. The molecule has 3 heterocycles. The smallest absolute Gasteiger partial charge is 0.137 e. The van der Waals surface area contributed by atoms with Crippen molar-refractivity contribution in [3.05, 3.63) is 64.7 Å². The number of hydrogen-bond donors (Lipinski definition) is 1. The standard InChI is InChI=1S/C18H18N2OS/c19-18-17(15-7-4-10-21-15)14-8-9-20(12-16(14)22-18)11-13-5-2-1-3-6-13/h1-7,10H,8-9,11-12,19H2. The molecule has 4 rings (SSSR count). The van der Waals surface area contributed by atoms with E-state index in [0.717, 1.165) is 42.4 Å². The fourth-order valence-electron chi connectivity index (χ4n) is 3.15. The summed E-state index contributed by atoms with van der Waals surface area (Å²) in [7, 11) is 0. The molecular formula is C18H18N2OS. The van der Waals surface area contributed by atoms with Crippen LogP contribution in [0.5, 0.6) is 0 Å². The molecule has 2 aromatic heterocycles. The number of furan rings is 1. The third kappa shape index (κ3) is 2.45. The molecule has 0 atom stereocenters. The van der Waals surface area contributed by atoms with Gasteiger partial charge < -0.3 is 10.2 Å². The summed E-state index contributed by atoms with van der Waals surface area (Å²) in [6.45, 7) is 3.03. The zero-order valence-electron chi connectivity index (χ0n) is 12.3. The Labute approximate surface area is 134 Å². The van der Waals surface area contributed by atoms with Gasteiger partial charge in [0.25, 0.3) is 0 Å². The second-order valence-electron chi connectivity index (χ2n) is 5.67. The van der Waals surface area contributed by atoms with Gasteiger partial charge in [-0.05, 0) is 29.7 Å². The van der Waals surface area contributed by atoms with Crippen molar-refractivity contribution < 1.29 is 4.42 Å². The van der Waals surface area contributed by atoms with Crippen LogP contribution < -0.4 is 5.73 Å². The van der Waals surface area contributed by atoms with E-state index < -0.39 is 0 Å². The van der Waals surface area contributed by atoms with E-state index in [-0.39, 0.29) is 0 Å². The second-order valence-corrected chi connectivity index (χ2v) is 6.80. The van der Waals surface area contributed by atoms with Crippen molar-refractivity contribution >= 4 is 16.3 Å². The van der Waals surface area contributed by atoms with Gasteiger partial charge in [0, 0.05) is 24.5 Å². The van der Waals surface area contributed by atoms with E-state index in [2.05, 4.69) is 35.2 Å². The summed E-state index contributed by atoms with van der Waals surface area (Å²) in [5.74, 6) is 0.895. The maximum atomic E-state index is 6.25. The molecule has 1 aliphatic rings. The minimum Gasteiger partial charge on any atom is -0.464 e. The molecule has 0 saturated heterocycles. The second kappa shape index (κ2) is 5.63. The molecular weight excluding hydrogens is 292 g/mol. The monoisotopic (exact) mass is 310 g/mol. The third-order valence-electron chi connectivity index (χ3n) is 4.18. The fraction of sp³-hybridized carbons (Fsp3) is 0.222. The van der Waals surface area contributed by atoms with Crippen molar-refractivity contribution in [1.29, 1.82) is 0 Å². The Morgan fingerprint density at radius 3 is 2.77 bits per heavy atom. The average molecular weight is 310 g/mol. The quantitative estimate of drug-likeness (QED) is 0.790. The van der Waals surface area contributed by atoms with Crippen molar-refractivity contribution in [3.63, 3.8) is 0 Å². The van der Waals surface area contributed by atoms with Crippen LogP contribution in [0.3, 0.4) is 0 Å². The van der Waals surface area contributed by atoms with Crippen LogP contribution >= 0.6 is 11.3 Å². The van der Waals surface area contributed by atoms with Crippen molar-refractivity contribution in [3.8, 4) is 11.3 Å². The summed E-state index contributed by atoms with van der Waals surface area (Å²) in [6.07, 6.45) is 2.75. The van der Waals surface area contributed by atoms with Crippen molar-refractivity contribution in [1.82, 2.24) is 4.90 Å². The van der Waals surface area contributed by atoms with Crippen LogP contribution in [0, 0.1) is 0 Å². The molecule has 3 aromatic rings. The molecule has 0 saturated carbocycles. The first-order chi connectivity index (χ1) is 10.8. The van der Waals surface area contributed by atoms with Crippen LogP contribution in [0.15, 0.2) is 53.1 Å². The zero-order chi connectivity index (χ0) is 14.9. The Morgan fingerprint density at radius 1 is 1.14 bits per heavy atom. The van der Waals surface area contributed by atoms with Crippen molar-refractivity contribution in [2.45, 2.75) is 19.5 Å². The predicted octanol–water partition coefficient (Wildman–Crippen LogP) is 4.15. The van der Waals surface area contributed by atoms with Crippen LogP contribution in [-0.2, 0) is 19.5 Å². The maximum absolute atomic E-state index is 6.25. The van der Waals surface area contributed by atoms with E-state index in [1.54, 1.807) is 17.6 Å². The van der Waals surface area contributed by atoms with E-state index in [4.69, 9.17) is 10.2 Å². The van der Waals surface area contributed by atoms with Gasteiger partial charge in [0.2, 0.25) is 0 Å². The lowest BCUT2D eigenvalue weighted by molar-refractivity contribution is 0.249.